The molecule has 0 radical (unpaired) electrons. The van der Waals surface area contributed by atoms with Gasteiger partial charge in [0.05, 0.1) is 13.7 Å². The number of piperazine rings is 1. The molecular weight excluding hydrogens is 302 g/mol. The highest BCUT2D eigenvalue weighted by Crippen LogP contribution is 2.11. The van der Waals surface area contributed by atoms with Gasteiger partial charge < -0.3 is 20.3 Å². The van der Waals surface area contributed by atoms with Crippen LogP contribution in [0.15, 0.2) is 29.3 Å². The second-order valence-corrected chi connectivity index (χ2v) is 6.32. The molecular formula is C18H31N5O. The summed E-state index contributed by atoms with van der Waals surface area (Å²) in [5, 5.41) is 6.80. The minimum absolute atomic E-state index is 0.508. The minimum Gasteiger partial charge on any atom is -0.497 e. The molecule has 1 fully saturated rings. The first-order valence-corrected chi connectivity index (χ1v) is 8.66. The van der Waals surface area contributed by atoms with Gasteiger partial charge in [0.15, 0.2) is 5.96 Å². The van der Waals surface area contributed by atoms with E-state index in [9.17, 15) is 0 Å². The monoisotopic (exact) mass is 333 g/mol. The van der Waals surface area contributed by atoms with Crippen molar-refractivity contribution in [2.75, 3.05) is 53.9 Å². The molecule has 134 valence electrons. The van der Waals surface area contributed by atoms with E-state index in [0.717, 1.165) is 44.4 Å². The van der Waals surface area contributed by atoms with E-state index in [1.165, 1.54) is 5.56 Å². The molecule has 1 unspecified atom stereocenters. The molecule has 6 nitrogen and oxygen atoms in total. The lowest BCUT2D eigenvalue weighted by molar-refractivity contribution is 0.116. The Morgan fingerprint density at radius 2 is 1.96 bits per heavy atom. The van der Waals surface area contributed by atoms with E-state index in [0.29, 0.717) is 12.6 Å². The Labute approximate surface area is 145 Å². The summed E-state index contributed by atoms with van der Waals surface area (Å²) < 4.78 is 5.19. The number of nitrogens with zero attached hydrogens (tertiary/aromatic N) is 3. The Morgan fingerprint density at radius 3 is 2.62 bits per heavy atom. The number of likely N-dealkylation sites (N-methyl/N-ethyl adjacent to an activating group) is 2. The number of guanidine groups is 1. The van der Waals surface area contributed by atoms with Gasteiger partial charge in [-0.25, -0.2) is 4.99 Å². The van der Waals surface area contributed by atoms with E-state index in [-0.39, 0.29) is 0 Å². The van der Waals surface area contributed by atoms with E-state index < -0.39 is 0 Å². The van der Waals surface area contributed by atoms with Crippen LogP contribution in [-0.4, -0.2) is 75.7 Å². The third kappa shape index (κ3) is 5.69. The number of nitrogens with one attached hydrogen (secondary N) is 2. The van der Waals surface area contributed by atoms with E-state index in [2.05, 4.69) is 58.6 Å². The molecule has 0 saturated carbocycles. The molecule has 24 heavy (non-hydrogen) atoms. The largest absolute Gasteiger partial charge is 0.497 e. The summed E-state index contributed by atoms with van der Waals surface area (Å²) in [6.45, 7) is 7.83. The predicted octanol–water partition coefficient (Wildman–Crippen LogP) is 0.996. The molecule has 0 aliphatic carbocycles. The highest BCUT2D eigenvalue weighted by atomic mass is 16.5. The molecule has 1 saturated heterocycles. The van der Waals surface area contributed by atoms with Crippen LogP contribution in [-0.2, 0) is 6.54 Å². The SMILES string of the molecule is CCNC(=NCc1ccc(OC)cc1)NCC1CN(C)CCN1C. The van der Waals surface area contributed by atoms with Gasteiger partial charge in [-0.15, -0.1) is 0 Å². The smallest absolute Gasteiger partial charge is 0.191 e. The average molecular weight is 333 g/mol. The fourth-order valence-corrected chi connectivity index (χ4v) is 2.78. The molecule has 1 aromatic rings. The summed E-state index contributed by atoms with van der Waals surface area (Å²) in [4.78, 5) is 9.49. The lowest BCUT2D eigenvalue weighted by Gasteiger charge is -2.37. The van der Waals surface area contributed by atoms with Crippen LogP contribution in [0.4, 0.5) is 0 Å². The molecule has 1 aliphatic rings. The normalized spacial score (nSPS) is 20.0. The standard InChI is InChI=1S/C18H31N5O/c1-5-19-18(20-12-15-6-8-17(24-4)9-7-15)21-13-16-14-22(2)10-11-23(16)3/h6-9,16H,5,10-14H2,1-4H3,(H2,19,20,21). The van der Waals surface area contributed by atoms with Gasteiger partial charge in [0.1, 0.15) is 5.75 Å². The highest BCUT2D eigenvalue weighted by molar-refractivity contribution is 5.79. The van der Waals surface area contributed by atoms with Crippen LogP contribution in [0.3, 0.4) is 0 Å². The zero-order chi connectivity index (χ0) is 17.4. The Bertz CT molecular complexity index is 517. The second kappa shape index (κ2) is 9.49. The predicted molar refractivity (Wildman–Crippen MR) is 99.7 cm³/mol. The number of aliphatic imine (C=N–C) groups is 1. The first-order valence-electron chi connectivity index (χ1n) is 8.66. The Hall–Kier alpha value is -1.79. The maximum absolute atomic E-state index is 5.19. The number of benzene rings is 1. The van der Waals surface area contributed by atoms with Gasteiger partial charge in [-0.05, 0) is 38.7 Å². The van der Waals surface area contributed by atoms with Gasteiger partial charge in [0.2, 0.25) is 0 Å². The van der Waals surface area contributed by atoms with Crippen LogP contribution in [0, 0.1) is 0 Å². The van der Waals surface area contributed by atoms with Gasteiger partial charge in [0, 0.05) is 38.8 Å². The lowest BCUT2D eigenvalue weighted by Crippen LogP contribution is -2.55. The molecule has 6 heteroatoms. The Morgan fingerprint density at radius 1 is 1.21 bits per heavy atom. The van der Waals surface area contributed by atoms with Crippen molar-refractivity contribution < 1.29 is 4.74 Å². The summed E-state index contributed by atoms with van der Waals surface area (Å²) in [6, 6.07) is 8.55. The van der Waals surface area contributed by atoms with Crippen LogP contribution in [0.5, 0.6) is 5.75 Å². The van der Waals surface area contributed by atoms with Crippen LogP contribution < -0.4 is 15.4 Å². The quantitative estimate of drug-likeness (QED) is 0.601. The second-order valence-electron chi connectivity index (χ2n) is 6.32. The summed E-state index contributed by atoms with van der Waals surface area (Å²) in [5.74, 6) is 1.74. The van der Waals surface area contributed by atoms with Crippen LogP contribution in [0.1, 0.15) is 12.5 Å². The van der Waals surface area contributed by atoms with Crippen LogP contribution >= 0.6 is 0 Å². The molecule has 2 rings (SSSR count). The van der Waals surface area contributed by atoms with E-state index >= 15 is 0 Å². The van der Waals surface area contributed by atoms with Gasteiger partial charge in [-0.2, -0.15) is 0 Å². The highest BCUT2D eigenvalue weighted by Gasteiger charge is 2.21. The van der Waals surface area contributed by atoms with Crippen molar-refractivity contribution in [3.8, 4) is 5.75 Å². The fourth-order valence-electron chi connectivity index (χ4n) is 2.78. The summed E-state index contributed by atoms with van der Waals surface area (Å²) in [6.07, 6.45) is 0. The molecule has 0 aromatic heterocycles. The average Bonchev–Trinajstić information content (AvgIpc) is 2.60. The first-order chi connectivity index (χ1) is 11.6. The van der Waals surface area contributed by atoms with E-state index in [4.69, 9.17) is 4.74 Å². The van der Waals surface area contributed by atoms with Crippen molar-refractivity contribution in [2.24, 2.45) is 4.99 Å². The number of methoxy groups -OCH3 is 1. The number of hydrogen-bond acceptors (Lipinski definition) is 4. The molecule has 0 amide bonds. The molecule has 1 aliphatic heterocycles. The lowest BCUT2D eigenvalue weighted by atomic mass is 10.2. The topological polar surface area (TPSA) is 52.1 Å². The first kappa shape index (κ1) is 18.5. The molecule has 0 spiro atoms. The molecule has 1 heterocycles. The summed E-state index contributed by atoms with van der Waals surface area (Å²) in [5.41, 5.74) is 1.17. The zero-order valence-electron chi connectivity index (χ0n) is 15.4. The number of ether oxygens (including phenoxy) is 1. The van der Waals surface area contributed by atoms with E-state index in [1.54, 1.807) is 7.11 Å². The van der Waals surface area contributed by atoms with Crippen LogP contribution in [0.25, 0.3) is 0 Å². The van der Waals surface area contributed by atoms with E-state index in [1.807, 2.05) is 12.1 Å². The van der Waals surface area contributed by atoms with Crippen molar-refractivity contribution in [1.82, 2.24) is 20.4 Å². The van der Waals surface area contributed by atoms with Crippen molar-refractivity contribution >= 4 is 5.96 Å². The minimum atomic E-state index is 0.508. The van der Waals surface area contributed by atoms with Gasteiger partial charge in [0.25, 0.3) is 0 Å². The summed E-state index contributed by atoms with van der Waals surface area (Å²) >= 11 is 0. The number of rotatable bonds is 6. The van der Waals surface area contributed by atoms with Crippen molar-refractivity contribution in [3.63, 3.8) is 0 Å². The van der Waals surface area contributed by atoms with Gasteiger partial charge in [-0.3, -0.25) is 4.90 Å². The Kier molecular flexibility index (Phi) is 7.34. The summed E-state index contributed by atoms with van der Waals surface area (Å²) in [7, 11) is 6.06. The maximum atomic E-state index is 5.19. The maximum Gasteiger partial charge on any atom is 0.191 e. The third-order valence-electron chi connectivity index (χ3n) is 4.41. The Balaban J connectivity index is 1.89. The number of hydrogen-bond donors (Lipinski definition) is 2. The van der Waals surface area contributed by atoms with Gasteiger partial charge in [-0.1, -0.05) is 12.1 Å². The molecule has 1 atom stereocenters. The van der Waals surface area contributed by atoms with Crippen LogP contribution in [0.2, 0.25) is 0 Å². The van der Waals surface area contributed by atoms with Crippen molar-refractivity contribution in [1.29, 1.82) is 0 Å². The van der Waals surface area contributed by atoms with Crippen molar-refractivity contribution in [2.45, 2.75) is 19.5 Å². The zero-order valence-corrected chi connectivity index (χ0v) is 15.4. The molecule has 2 N–H and O–H groups in total. The molecule has 0 bridgehead atoms. The molecule has 1 aromatic carbocycles. The van der Waals surface area contributed by atoms with Gasteiger partial charge >= 0.3 is 0 Å². The fraction of sp³-hybridized carbons (Fsp3) is 0.611. The third-order valence-corrected chi connectivity index (χ3v) is 4.41. The van der Waals surface area contributed by atoms with Crippen molar-refractivity contribution in [3.05, 3.63) is 29.8 Å².